The molecule has 0 unspecified atom stereocenters. The van der Waals surface area contributed by atoms with Crippen LogP contribution in [0.15, 0.2) is 11.1 Å². The summed E-state index contributed by atoms with van der Waals surface area (Å²) >= 11 is 0. The predicted octanol–water partition coefficient (Wildman–Crippen LogP) is -0.274. The molecule has 0 aromatic carbocycles. The third-order valence-electron chi connectivity index (χ3n) is 2.16. The fraction of sp³-hybridized carbons (Fsp3) is 0.500. The van der Waals surface area contributed by atoms with E-state index >= 15 is 0 Å². The van der Waals surface area contributed by atoms with Gasteiger partial charge in [-0.05, 0) is 7.05 Å². The Kier molecular flexibility index (Phi) is 1.51. The molecule has 1 aromatic rings. The van der Waals surface area contributed by atoms with Crippen LogP contribution < -0.4 is 5.56 Å². The molecule has 12 heavy (non-hydrogen) atoms. The molecule has 0 spiro atoms. The Balaban J connectivity index is 2.61. The normalized spacial score (nSPS) is 16.5. The van der Waals surface area contributed by atoms with Gasteiger partial charge < -0.3 is 4.57 Å². The zero-order valence-corrected chi connectivity index (χ0v) is 7.24. The highest BCUT2D eigenvalue weighted by Crippen LogP contribution is 2.13. The Morgan fingerprint density at radius 1 is 1.42 bits per heavy atom. The summed E-state index contributed by atoms with van der Waals surface area (Å²) in [6.07, 6.45) is 1.58. The topological polar surface area (TPSA) is 38.1 Å². The van der Waals surface area contributed by atoms with Crippen LogP contribution in [-0.4, -0.2) is 21.5 Å². The summed E-state index contributed by atoms with van der Waals surface area (Å²) in [5, 5.41) is 0. The van der Waals surface area contributed by atoms with E-state index in [9.17, 15) is 4.79 Å². The third kappa shape index (κ3) is 0.956. The van der Waals surface area contributed by atoms with Crippen LogP contribution in [0.25, 0.3) is 0 Å². The molecule has 0 amide bonds. The number of rotatable bonds is 0. The molecular formula is C8H11N3O. The van der Waals surface area contributed by atoms with E-state index < -0.39 is 0 Å². The Hall–Kier alpha value is -1.16. The maximum Gasteiger partial charge on any atom is 0.257 e. The summed E-state index contributed by atoms with van der Waals surface area (Å²) in [6, 6.07) is 0. The van der Waals surface area contributed by atoms with Gasteiger partial charge in [-0.2, -0.15) is 0 Å². The molecule has 64 valence electrons. The number of hydrogen-bond donors (Lipinski definition) is 0. The van der Waals surface area contributed by atoms with Crippen LogP contribution in [0, 0.1) is 0 Å². The van der Waals surface area contributed by atoms with Gasteiger partial charge in [-0.15, -0.1) is 0 Å². The molecule has 2 heterocycles. The molecule has 0 aliphatic carbocycles. The molecule has 0 bridgehead atoms. The summed E-state index contributed by atoms with van der Waals surface area (Å²) in [4.78, 5) is 17.8. The highest BCUT2D eigenvalue weighted by atomic mass is 16.1. The molecule has 1 aliphatic heterocycles. The second-order valence-electron chi connectivity index (χ2n) is 3.26. The quantitative estimate of drug-likeness (QED) is 0.531. The summed E-state index contributed by atoms with van der Waals surface area (Å²) < 4.78 is 1.53. The van der Waals surface area contributed by atoms with Gasteiger partial charge in [-0.1, -0.05) is 0 Å². The summed E-state index contributed by atoms with van der Waals surface area (Å²) in [5.74, 6) is 0. The number of nitrogens with zero attached hydrogens (tertiary/aromatic N) is 3. The van der Waals surface area contributed by atoms with E-state index in [2.05, 4.69) is 9.88 Å². The van der Waals surface area contributed by atoms with Crippen LogP contribution in [-0.2, 0) is 20.1 Å². The highest BCUT2D eigenvalue weighted by Gasteiger charge is 2.19. The molecule has 0 radical (unpaired) electrons. The van der Waals surface area contributed by atoms with Crippen molar-refractivity contribution in [3.05, 3.63) is 27.9 Å². The summed E-state index contributed by atoms with van der Waals surface area (Å²) in [5.41, 5.74) is 1.87. The van der Waals surface area contributed by atoms with Gasteiger partial charge in [0, 0.05) is 20.1 Å². The monoisotopic (exact) mass is 165 g/mol. The van der Waals surface area contributed by atoms with Crippen molar-refractivity contribution in [1.29, 1.82) is 0 Å². The van der Waals surface area contributed by atoms with E-state index in [-0.39, 0.29) is 5.56 Å². The molecule has 0 N–H and O–H groups in total. The van der Waals surface area contributed by atoms with Crippen LogP contribution >= 0.6 is 0 Å². The number of aromatic nitrogens is 2. The maximum atomic E-state index is 11.5. The molecule has 0 atom stereocenters. The molecule has 2 rings (SSSR count). The van der Waals surface area contributed by atoms with E-state index in [0.29, 0.717) is 0 Å². The van der Waals surface area contributed by atoms with E-state index in [0.717, 1.165) is 24.3 Å². The van der Waals surface area contributed by atoms with Crippen molar-refractivity contribution >= 4 is 0 Å². The molecule has 0 saturated heterocycles. The SMILES string of the molecule is CN1Cc2ncn(C)c(=O)c2C1. The molecule has 4 nitrogen and oxygen atoms in total. The van der Waals surface area contributed by atoms with Gasteiger partial charge in [0.2, 0.25) is 0 Å². The van der Waals surface area contributed by atoms with E-state index in [1.165, 1.54) is 4.57 Å². The second kappa shape index (κ2) is 2.42. The standard InChI is InChI=1S/C8H11N3O/c1-10-3-6-7(4-10)9-5-11(2)8(6)12/h5H,3-4H2,1-2H3. The number of fused-ring (bicyclic) bond motifs is 1. The van der Waals surface area contributed by atoms with Crippen LogP contribution in [0.4, 0.5) is 0 Å². The lowest BCUT2D eigenvalue weighted by molar-refractivity contribution is 0.350. The van der Waals surface area contributed by atoms with Crippen molar-refractivity contribution in [3.8, 4) is 0 Å². The minimum absolute atomic E-state index is 0.0874. The molecule has 0 fully saturated rings. The largest absolute Gasteiger partial charge is 0.302 e. The molecular weight excluding hydrogens is 154 g/mol. The van der Waals surface area contributed by atoms with Crippen LogP contribution in [0.3, 0.4) is 0 Å². The summed E-state index contributed by atoms with van der Waals surface area (Å²) in [6.45, 7) is 1.53. The van der Waals surface area contributed by atoms with Crippen molar-refractivity contribution in [2.24, 2.45) is 7.05 Å². The van der Waals surface area contributed by atoms with Crippen LogP contribution in [0.1, 0.15) is 11.3 Å². The molecule has 1 aromatic heterocycles. The smallest absolute Gasteiger partial charge is 0.257 e. The van der Waals surface area contributed by atoms with E-state index in [1.807, 2.05) is 7.05 Å². The van der Waals surface area contributed by atoms with Crippen molar-refractivity contribution in [1.82, 2.24) is 14.5 Å². The summed E-state index contributed by atoms with van der Waals surface area (Å²) in [7, 11) is 3.72. The Labute approximate surface area is 70.5 Å². The fourth-order valence-corrected chi connectivity index (χ4v) is 1.50. The lowest BCUT2D eigenvalue weighted by atomic mass is 10.3. The lowest BCUT2D eigenvalue weighted by Gasteiger charge is -2.01. The van der Waals surface area contributed by atoms with Crippen molar-refractivity contribution in [2.75, 3.05) is 7.05 Å². The van der Waals surface area contributed by atoms with Crippen molar-refractivity contribution < 1.29 is 0 Å². The van der Waals surface area contributed by atoms with Gasteiger partial charge in [0.25, 0.3) is 5.56 Å². The first-order valence-corrected chi connectivity index (χ1v) is 3.90. The first-order chi connectivity index (χ1) is 5.68. The van der Waals surface area contributed by atoms with Crippen LogP contribution in [0.5, 0.6) is 0 Å². The predicted molar refractivity (Wildman–Crippen MR) is 44.6 cm³/mol. The van der Waals surface area contributed by atoms with Crippen LogP contribution in [0.2, 0.25) is 0 Å². The Morgan fingerprint density at radius 2 is 2.17 bits per heavy atom. The average molecular weight is 165 g/mol. The number of hydrogen-bond acceptors (Lipinski definition) is 3. The minimum Gasteiger partial charge on any atom is -0.302 e. The van der Waals surface area contributed by atoms with E-state index in [1.54, 1.807) is 13.4 Å². The molecule has 4 heteroatoms. The molecule has 0 saturated carbocycles. The van der Waals surface area contributed by atoms with Gasteiger partial charge >= 0.3 is 0 Å². The average Bonchev–Trinajstić information content (AvgIpc) is 2.39. The highest BCUT2D eigenvalue weighted by molar-refractivity contribution is 5.20. The Bertz CT molecular complexity index is 369. The van der Waals surface area contributed by atoms with Gasteiger partial charge in [0.1, 0.15) is 0 Å². The maximum absolute atomic E-state index is 11.5. The van der Waals surface area contributed by atoms with Gasteiger partial charge in [0.15, 0.2) is 0 Å². The first kappa shape index (κ1) is 7.49. The van der Waals surface area contributed by atoms with E-state index in [4.69, 9.17) is 0 Å². The minimum atomic E-state index is 0.0874. The van der Waals surface area contributed by atoms with Crippen molar-refractivity contribution in [3.63, 3.8) is 0 Å². The number of aryl methyl sites for hydroxylation is 1. The third-order valence-corrected chi connectivity index (χ3v) is 2.16. The first-order valence-electron chi connectivity index (χ1n) is 3.90. The zero-order chi connectivity index (χ0) is 8.72. The zero-order valence-electron chi connectivity index (χ0n) is 7.24. The van der Waals surface area contributed by atoms with Gasteiger partial charge in [0.05, 0.1) is 17.6 Å². The van der Waals surface area contributed by atoms with Gasteiger partial charge in [-0.3, -0.25) is 9.69 Å². The second-order valence-corrected chi connectivity index (χ2v) is 3.26. The lowest BCUT2D eigenvalue weighted by Crippen LogP contribution is -2.21. The molecule has 1 aliphatic rings. The van der Waals surface area contributed by atoms with Gasteiger partial charge in [-0.25, -0.2) is 4.98 Å². The Morgan fingerprint density at radius 3 is 2.92 bits per heavy atom. The fourth-order valence-electron chi connectivity index (χ4n) is 1.50. The van der Waals surface area contributed by atoms with Crippen molar-refractivity contribution in [2.45, 2.75) is 13.1 Å².